The van der Waals surface area contributed by atoms with E-state index in [0.717, 1.165) is 16.2 Å². The van der Waals surface area contributed by atoms with Gasteiger partial charge in [0.2, 0.25) is 0 Å². The minimum Gasteiger partial charge on any atom is -0.386 e. The lowest BCUT2D eigenvalue weighted by Gasteiger charge is -2.18. The van der Waals surface area contributed by atoms with Crippen LogP contribution in [0.1, 0.15) is 41.4 Å². The van der Waals surface area contributed by atoms with Gasteiger partial charge in [-0.1, -0.05) is 12.1 Å². The molecule has 0 radical (unpaired) electrons. The molecule has 0 atom stereocenters. The summed E-state index contributed by atoms with van der Waals surface area (Å²) in [6.45, 7) is 0. The van der Waals surface area contributed by atoms with Gasteiger partial charge >= 0.3 is 23.9 Å². The fourth-order valence-corrected chi connectivity index (χ4v) is 4.08. The second-order valence-corrected chi connectivity index (χ2v) is 6.83. The number of hydrogen-bond donors (Lipinski definition) is 0. The van der Waals surface area contributed by atoms with Crippen LogP contribution in [-0.4, -0.2) is 23.9 Å². The second-order valence-electron chi connectivity index (χ2n) is 6.83. The van der Waals surface area contributed by atoms with Crippen molar-refractivity contribution in [2.75, 3.05) is 0 Å². The van der Waals surface area contributed by atoms with E-state index in [1.54, 1.807) is 30.3 Å². The van der Waals surface area contributed by atoms with Crippen molar-refractivity contribution in [2.24, 2.45) is 0 Å². The topological polar surface area (TPSA) is 86.7 Å². The molecule has 0 unspecified atom stereocenters. The van der Waals surface area contributed by atoms with E-state index in [2.05, 4.69) is 4.74 Å². The van der Waals surface area contributed by atoms with Gasteiger partial charge in [0.1, 0.15) is 0 Å². The molecule has 0 aromatic heterocycles. The van der Waals surface area contributed by atoms with Crippen LogP contribution in [0.15, 0.2) is 48.5 Å². The van der Waals surface area contributed by atoms with Crippen LogP contribution in [0.25, 0.3) is 32.3 Å². The van der Waals surface area contributed by atoms with Gasteiger partial charge in [-0.15, -0.1) is 0 Å². The van der Waals surface area contributed by atoms with E-state index in [1.165, 1.54) is 0 Å². The highest BCUT2D eigenvalue weighted by Crippen LogP contribution is 2.37. The molecule has 6 nitrogen and oxygen atoms in total. The zero-order valence-corrected chi connectivity index (χ0v) is 14.1. The number of benzene rings is 4. The molecule has 0 saturated heterocycles. The third-order valence-corrected chi connectivity index (χ3v) is 5.31. The predicted molar refractivity (Wildman–Crippen MR) is 98.5 cm³/mol. The van der Waals surface area contributed by atoms with Gasteiger partial charge in [0.05, 0.1) is 22.3 Å². The minimum absolute atomic E-state index is 0.199. The minimum atomic E-state index is -0.700. The smallest absolute Gasteiger partial charge is 0.347 e. The molecule has 28 heavy (non-hydrogen) atoms. The summed E-state index contributed by atoms with van der Waals surface area (Å²) in [5, 5.41) is 4.10. The highest BCUT2D eigenvalue weighted by Gasteiger charge is 2.31. The molecule has 2 aliphatic heterocycles. The third kappa shape index (κ3) is 1.76. The molecule has 0 bridgehead atoms. The van der Waals surface area contributed by atoms with Gasteiger partial charge < -0.3 is 9.47 Å². The lowest BCUT2D eigenvalue weighted by Crippen LogP contribution is -2.19. The van der Waals surface area contributed by atoms with Gasteiger partial charge in [0, 0.05) is 5.39 Å². The SMILES string of the molecule is O=C1OC(=O)c2cc3cc4c5c6c(cccc6cc4cc3cc21)C(=O)OC5=O. The van der Waals surface area contributed by atoms with E-state index >= 15 is 0 Å². The molecule has 4 aromatic carbocycles. The summed E-state index contributed by atoms with van der Waals surface area (Å²) in [4.78, 5) is 48.4. The molecule has 0 saturated carbocycles. The van der Waals surface area contributed by atoms with Crippen molar-refractivity contribution in [1.29, 1.82) is 0 Å². The number of carbonyl (C=O) groups excluding carboxylic acids is 4. The van der Waals surface area contributed by atoms with Gasteiger partial charge in [-0.2, -0.15) is 0 Å². The molecule has 2 aliphatic rings. The van der Waals surface area contributed by atoms with Crippen LogP contribution in [0.3, 0.4) is 0 Å². The highest BCUT2D eigenvalue weighted by molar-refractivity contribution is 6.28. The summed E-state index contributed by atoms with van der Waals surface area (Å²) in [6, 6.07) is 13.9. The van der Waals surface area contributed by atoms with Crippen LogP contribution < -0.4 is 0 Å². The Balaban J connectivity index is 1.79. The summed E-state index contributed by atoms with van der Waals surface area (Å²) in [5.41, 5.74) is 1.09. The standard InChI is InChI=1S/C22H8O6/c23-19-13-3-1-2-9-4-12-5-10-7-15-16(21(25)27-20(15)24)8-11(10)6-14(12)18(17(9)13)22(26)28-19/h1-8H. The van der Waals surface area contributed by atoms with Gasteiger partial charge in [0.25, 0.3) is 0 Å². The molecule has 0 fully saturated rings. The molecule has 0 aliphatic carbocycles. The Morgan fingerprint density at radius 1 is 0.536 bits per heavy atom. The van der Waals surface area contributed by atoms with Crippen LogP contribution in [0.4, 0.5) is 0 Å². The van der Waals surface area contributed by atoms with E-state index in [1.807, 2.05) is 18.2 Å². The van der Waals surface area contributed by atoms with Gasteiger partial charge in [0.15, 0.2) is 0 Å². The molecule has 2 heterocycles. The lowest BCUT2D eigenvalue weighted by atomic mass is 9.90. The van der Waals surface area contributed by atoms with Crippen molar-refractivity contribution in [3.05, 3.63) is 70.8 Å². The molecule has 4 aromatic rings. The van der Waals surface area contributed by atoms with Crippen molar-refractivity contribution in [1.82, 2.24) is 0 Å². The van der Waals surface area contributed by atoms with Crippen LogP contribution in [0.2, 0.25) is 0 Å². The summed E-state index contributed by atoms with van der Waals surface area (Å²) in [6.07, 6.45) is 0. The predicted octanol–water partition coefficient (Wildman–Crippen LogP) is 3.77. The summed E-state index contributed by atoms with van der Waals surface area (Å²) < 4.78 is 9.60. The fraction of sp³-hybridized carbons (Fsp3) is 0. The quantitative estimate of drug-likeness (QED) is 0.267. The zero-order valence-electron chi connectivity index (χ0n) is 14.1. The first kappa shape index (κ1) is 15.0. The molecular formula is C22H8O6. The Morgan fingerprint density at radius 2 is 1.14 bits per heavy atom. The van der Waals surface area contributed by atoms with Crippen LogP contribution >= 0.6 is 0 Å². The molecule has 0 N–H and O–H groups in total. The Bertz CT molecular complexity index is 1480. The number of cyclic esters (lactones) is 4. The number of ether oxygens (including phenoxy) is 2. The van der Waals surface area contributed by atoms with E-state index in [9.17, 15) is 19.2 Å². The van der Waals surface area contributed by atoms with Crippen LogP contribution in [-0.2, 0) is 9.47 Å². The number of rotatable bonds is 0. The number of carbonyl (C=O) groups is 4. The summed E-state index contributed by atoms with van der Waals surface area (Å²) in [5.74, 6) is -2.71. The van der Waals surface area contributed by atoms with Gasteiger partial charge in [-0.05, 0) is 63.3 Å². The van der Waals surface area contributed by atoms with Crippen molar-refractivity contribution < 1.29 is 28.7 Å². The monoisotopic (exact) mass is 368 g/mol. The van der Waals surface area contributed by atoms with Gasteiger partial charge in [-0.3, -0.25) is 0 Å². The van der Waals surface area contributed by atoms with Crippen molar-refractivity contribution in [3.8, 4) is 0 Å². The Hall–Kier alpha value is -4.06. The van der Waals surface area contributed by atoms with E-state index in [0.29, 0.717) is 27.3 Å². The average Bonchev–Trinajstić information content (AvgIpc) is 2.94. The molecule has 0 spiro atoms. The summed E-state index contributed by atoms with van der Waals surface area (Å²) >= 11 is 0. The maximum atomic E-state index is 12.6. The van der Waals surface area contributed by atoms with Gasteiger partial charge in [-0.25, -0.2) is 19.2 Å². The Kier molecular flexibility index (Phi) is 2.58. The highest BCUT2D eigenvalue weighted by atomic mass is 16.6. The van der Waals surface area contributed by atoms with Crippen molar-refractivity contribution in [3.63, 3.8) is 0 Å². The first-order chi connectivity index (χ1) is 13.5. The van der Waals surface area contributed by atoms with Crippen molar-refractivity contribution in [2.45, 2.75) is 0 Å². The molecule has 6 heteroatoms. The first-order valence-electron chi connectivity index (χ1n) is 8.51. The second kappa shape index (κ2) is 4.80. The Labute approximate surface area is 156 Å². The molecule has 6 rings (SSSR count). The average molecular weight is 368 g/mol. The normalized spacial score (nSPS) is 15.3. The zero-order chi connectivity index (χ0) is 19.2. The maximum Gasteiger partial charge on any atom is 0.347 e. The van der Waals surface area contributed by atoms with E-state index in [4.69, 9.17) is 4.74 Å². The molecule has 0 amide bonds. The van der Waals surface area contributed by atoms with Crippen LogP contribution in [0.5, 0.6) is 0 Å². The summed E-state index contributed by atoms with van der Waals surface area (Å²) in [7, 11) is 0. The third-order valence-electron chi connectivity index (χ3n) is 5.31. The maximum absolute atomic E-state index is 12.6. The molecular weight excluding hydrogens is 360 g/mol. The van der Waals surface area contributed by atoms with Crippen molar-refractivity contribution >= 4 is 56.2 Å². The van der Waals surface area contributed by atoms with E-state index < -0.39 is 23.9 Å². The molecule has 132 valence electrons. The number of hydrogen-bond acceptors (Lipinski definition) is 6. The van der Waals surface area contributed by atoms with Crippen LogP contribution in [0, 0.1) is 0 Å². The fourth-order valence-electron chi connectivity index (χ4n) is 4.08. The van der Waals surface area contributed by atoms with E-state index in [-0.39, 0.29) is 11.1 Å². The largest absolute Gasteiger partial charge is 0.386 e. The number of fused-ring (bicyclic) bond motifs is 4. The Morgan fingerprint density at radius 3 is 1.89 bits per heavy atom. The lowest BCUT2D eigenvalue weighted by molar-refractivity contribution is 0.0387. The number of esters is 4. The first-order valence-corrected chi connectivity index (χ1v) is 8.51.